The van der Waals surface area contributed by atoms with Gasteiger partial charge in [-0.1, -0.05) is 6.07 Å². The Morgan fingerprint density at radius 1 is 1.08 bits per heavy atom. The predicted octanol–water partition coefficient (Wildman–Crippen LogP) is 1.55. The predicted molar refractivity (Wildman–Crippen MR) is 96.2 cm³/mol. The Morgan fingerprint density at radius 2 is 1.80 bits per heavy atom. The number of methoxy groups -OCH3 is 3. The van der Waals surface area contributed by atoms with Gasteiger partial charge in [0.15, 0.2) is 11.5 Å². The lowest BCUT2D eigenvalue weighted by Crippen LogP contribution is -2.53. The lowest BCUT2D eigenvalue weighted by atomic mass is 9.95. The van der Waals surface area contributed by atoms with E-state index in [0.717, 1.165) is 35.1 Å². The average molecular weight is 343 g/mol. The summed E-state index contributed by atoms with van der Waals surface area (Å²) in [5.74, 6) is 1.73. The van der Waals surface area contributed by atoms with Crippen molar-refractivity contribution in [3.63, 3.8) is 0 Å². The second-order valence-corrected chi connectivity index (χ2v) is 6.08. The van der Waals surface area contributed by atoms with E-state index in [4.69, 9.17) is 19.9 Å². The van der Waals surface area contributed by atoms with Crippen LogP contribution in [0.25, 0.3) is 11.1 Å². The van der Waals surface area contributed by atoms with Crippen LogP contribution in [0.2, 0.25) is 0 Å². The van der Waals surface area contributed by atoms with Crippen LogP contribution in [-0.4, -0.2) is 21.3 Å². The number of hydrogen-bond acceptors (Lipinski definition) is 5. The molecule has 2 aromatic carbocycles. The molecular weight excluding hydrogens is 320 g/mol. The molecule has 132 valence electrons. The molecule has 0 fully saturated rings. The maximum atomic E-state index is 12.2. The number of quaternary nitrogens is 1. The van der Waals surface area contributed by atoms with Crippen LogP contribution in [0.1, 0.15) is 23.6 Å². The van der Waals surface area contributed by atoms with Crippen molar-refractivity contribution in [3.05, 3.63) is 45.6 Å². The van der Waals surface area contributed by atoms with E-state index in [2.05, 4.69) is 5.73 Å². The summed E-state index contributed by atoms with van der Waals surface area (Å²) in [5, 5.41) is 0. The monoisotopic (exact) mass is 343 g/mol. The molecule has 1 atom stereocenters. The average Bonchev–Trinajstić information content (AvgIpc) is 2.84. The number of nitrogen functional groups attached to an aromatic ring is 1. The molecule has 5 N–H and O–H groups in total. The van der Waals surface area contributed by atoms with Gasteiger partial charge in [-0.3, -0.25) is 4.79 Å². The first-order valence-electron chi connectivity index (χ1n) is 8.10. The summed E-state index contributed by atoms with van der Waals surface area (Å²) in [6, 6.07) is 7.03. The van der Waals surface area contributed by atoms with Gasteiger partial charge >= 0.3 is 0 Å². The highest BCUT2D eigenvalue weighted by molar-refractivity contribution is 5.82. The topological polar surface area (TPSA) is 98.4 Å². The number of ether oxygens (including phenoxy) is 3. The van der Waals surface area contributed by atoms with E-state index in [-0.39, 0.29) is 17.2 Å². The van der Waals surface area contributed by atoms with Gasteiger partial charge in [-0.25, -0.2) is 0 Å². The van der Waals surface area contributed by atoms with Crippen molar-refractivity contribution in [1.82, 2.24) is 0 Å². The van der Waals surface area contributed by atoms with E-state index in [1.165, 1.54) is 0 Å². The smallest absolute Gasteiger partial charge is 0.203 e. The minimum Gasteiger partial charge on any atom is -0.493 e. The molecule has 1 unspecified atom stereocenters. The van der Waals surface area contributed by atoms with E-state index in [1.807, 2.05) is 12.1 Å². The molecule has 0 bridgehead atoms. The normalized spacial score (nSPS) is 15.6. The Labute approximate surface area is 146 Å². The van der Waals surface area contributed by atoms with Gasteiger partial charge in [0.05, 0.1) is 27.0 Å². The highest BCUT2D eigenvalue weighted by atomic mass is 16.5. The molecule has 0 heterocycles. The van der Waals surface area contributed by atoms with Crippen molar-refractivity contribution in [3.8, 4) is 28.4 Å². The number of fused-ring (bicyclic) bond motifs is 3. The SMILES string of the molecule is COc1cc2c(c(OC)c1OC)-c1ccc(N)c(=O)cc1C([NH3+])CC2. The first-order valence-corrected chi connectivity index (χ1v) is 8.10. The third-order valence-corrected chi connectivity index (χ3v) is 4.69. The fraction of sp³-hybridized carbons (Fsp3) is 0.316. The summed E-state index contributed by atoms with van der Waals surface area (Å²) < 4.78 is 16.7. The molecule has 25 heavy (non-hydrogen) atoms. The second kappa shape index (κ2) is 6.64. The summed E-state index contributed by atoms with van der Waals surface area (Å²) in [6.45, 7) is 0. The third kappa shape index (κ3) is 2.78. The van der Waals surface area contributed by atoms with Gasteiger partial charge in [0.2, 0.25) is 11.2 Å². The maximum Gasteiger partial charge on any atom is 0.203 e. The van der Waals surface area contributed by atoms with Crippen molar-refractivity contribution >= 4 is 5.69 Å². The van der Waals surface area contributed by atoms with Crippen molar-refractivity contribution < 1.29 is 19.9 Å². The van der Waals surface area contributed by atoms with Crippen molar-refractivity contribution in [1.29, 1.82) is 0 Å². The van der Waals surface area contributed by atoms with Crippen LogP contribution in [0.15, 0.2) is 29.1 Å². The van der Waals surface area contributed by atoms with Gasteiger partial charge in [0.25, 0.3) is 0 Å². The first-order chi connectivity index (χ1) is 12.0. The first kappa shape index (κ1) is 17.1. The molecule has 0 aromatic heterocycles. The minimum absolute atomic E-state index is 0.0244. The molecule has 0 amide bonds. The van der Waals surface area contributed by atoms with Crippen LogP contribution in [-0.2, 0) is 6.42 Å². The summed E-state index contributed by atoms with van der Waals surface area (Å²) >= 11 is 0. The maximum absolute atomic E-state index is 12.2. The van der Waals surface area contributed by atoms with E-state index in [0.29, 0.717) is 17.2 Å². The summed E-state index contributed by atoms with van der Waals surface area (Å²) in [7, 11) is 4.77. The van der Waals surface area contributed by atoms with Crippen LogP contribution in [0.3, 0.4) is 0 Å². The summed E-state index contributed by atoms with van der Waals surface area (Å²) in [6.07, 6.45) is 1.60. The van der Waals surface area contributed by atoms with Crippen LogP contribution in [0.4, 0.5) is 5.69 Å². The highest BCUT2D eigenvalue weighted by Crippen LogP contribution is 2.49. The van der Waals surface area contributed by atoms with Crippen molar-refractivity contribution in [2.75, 3.05) is 27.1 Å². The van der Waals surface area contributed by atoms with Gasteiger partial charge in [-0.05, 0) is 35.7 Å². The molecule has 6 nitrogen and oxygen atoms in total. The molecule has 1 aliphatic rings. The van der Waals surface area contributed by atoms with Crippen LogP contribution in [0, 0.1) is 0 Å². The zero-order valence-electron chi connectivity index (χ0n) is 14.7. The molecular formula is C19H23N2O4+. The van der Waals surface area contributed by atoms with Crippen LogP contribution in [0.5, 0.6) is 17.2 Å². The molecule has 0 aliphatic heterocycles. The van der Waals surface area contributed by atoms with E-state index in [1.54, 1.807) is 33.5 Å². The van der Waals surface area contributed by atoms with Gasteiger partial charge in [-0.2, -0.15) is 0 Å². The zero-order chi connectivity index (χ0) is 18.1. The fourth-order valence-electron chi connectivity index (χ4n) is 3.40. The molecule has 0 saturated carbocycles. The number of aryl methyl sites for hydroxylation is 1. The minimum atomic E-state index is -0.196. The van der Waals surface area contributed by atoms with E-state index >= 15 is 0 Å². The highest BCUT2D eigenvalue weighted by Gasteiger charge is 2.28. The molecule has 0 radical (unpaired) electrons. The number of anilines is 1. The third-order valence-electron chi connectivity index (χ3n) is 4.69. The summed E-state index contributed by atoms with van der Waals surface area (Å²) in [5.41, 5.74) is 13.8. The Kier molecular flexibility index (Phi) is 4.55. The Balaban J connectivity index is 2.45. The molecule has 6 heteroatoms. The zero-order valence-corrected chi connectivity index (χ0v) is 14.7. The Morgan fingerprint density at radius 3 is 2.44 bits per heavy atom. The van der Waals surface area contributed by atoms with Gasteiger partial charge in [0, 0.05) is 17.5 Å². The Hall–Kier alpha value is -2.73. The summed E-state index contributed by atoms with van der Waals surface area (Å²) in [4.78, 5) is 12.2. The number of hydrogen-bond donors (Lipinski definition) is 2. The number of nitrogens with two attached hydrogens (primary N) is 1. The molecule has 0 spiro atoms. The van der Waals surface area contributed by atoms with E-state index < -0.39 is 0 Å². The van der Waals surface area contributed by atoms with Crippen LogP contribution >= 0.6 is 0 Å². The largest absolute Gasteiger partial charge is 0.493 e. The lowest BCUT2D eigenvalue weighted by Gasteiger charge is -2.19. The molecule has 2 aromatic rings. The lowest BCUT2D eigenvalue weighted by molar-refractivity contribution is -0.427. The second-order valence-electron chi connectivity index (χ2n) is 6.08. The Bertz CT molecular complexity index is 880. The van der Waals surface area contributed by atoms with Crippen molar-refractivity contribution in [2.24, 2.45) is 0 Å². The van der Waals surface area contributed by atoms with Gasteiger partial charge < -0.3 is 25.7 Å². The number of rotatable bonds is 3. The molecule has 1 aliphatic carbocycles. The standard InChI is InChI=1S/C19H22N2O4/c1-23-16-8-10-4-6-13(20)12-9-15(22)14(21)7-5-11(12)17(10)19(25-3)18(16)24-2/h5,7-9,13H,4,6,20H2,1-3H3,(H2,21,22)/p+1. The molecule has 0 saturated heterocycles. The quantitative estimate of drug-likeness (QED) is 0.881. The van der Waals surface area contributed by atoms with Crippen molar-refractivity contribution in [2.45, 2.75) is 18.9 Å². The van der Waals surface area contributed by atoms with Gasteiger partial charge in [0.1, 0.15) is 6.04 Å². The van der Waals surface area contributed by atoms with E-state index in [9.17, 15) is 4.79 Å². The molecule has 3 rings (SSSR count). The number of benzene rings is 1. The fourth-order valence-corrected chi connectivity index (χ4v) is 3.40. The van der Waals surface area contributed by atoms with Gasteiger partial charge in [-0.15, -0.1) is 0 Å². The van der Waals surface area contributed by atoms with Crippen LogP contribution < -0.4 is 31.1 Å².